The van der Waals surface area contributed by atoms with Gasteiger partial charge in [0.05, 0.1) is 5.70 Å². The van der Waals surface area contributed by atoms with E-state index < -0.39 is 0 Å². The maximum atomic E-state index is 11.9. The quantitative estimate of drug-likeness (QED) is 0.771. The molecule has 0 aromatic rings. The van der Waals surface area contributed by atoms with Crippen molar-refractivity contribution in [2.75, 3.05) is 13.1 Å². The molecule has 0 N–H and O–H groups in total. The number of ketones is 2. The molecule has 102 valence electrons. The Balaban J connectivity index is 3.31. The van der Waals surface area contributed by atoms with E-state index >= 15 is 0 Å². The summed E-state index contributed by atoms with van der Waals surface area (Å²) in [7, 11) is 0. The van der Waals surface area contributed by atoms with Crippen LogP contribution in [0.2, 0.25) is 0 Å². The molecule has 1 aliphatic heterocycles. The largest absolute Gasteiger partial charge is 0.368 e. The van der Waals surface area contributed by atoms with Gasteiger partial charge in [0, 0.05) is 25.6 Å². The van der Waals surface area contributed by atoms with Gasteiger partial charge >= 0.3 is 0 Å². The number of rotatable bonds is 4. The lowest BCUT2D eigenvalue weighted by Gasteiger charge is -2.41. The van der Waals surface area contributed by atoms with E-state index in [1.807, 2.05) is 0 Å². The summed E-state index contributed by atoms with van der Waals surface area (Å²) in [6.07, 6.45) is 0.922. The third-order valence-electron chi connectivity index (χ3n) is 3.51. The van der Waals surface area contributed by atoms with Crippen LogP contribution in [0, 0.1) is 11.3 Å². The van der Waals surface area contributed by atoms with E-state index in [1.165, 1.54) is 0 Å². The van der Waals surface area contributed by atoms with Crippen molar-refractivity contribution in [1.29, 1.82) is 0 Å². The number of carbonyl (C=O) groups excluding carboxylic acids is 2. The van der Waals surface area contributed by atoms with Gasteiger partial charge in [-0.1, -0.05) is 27.7 Å². The summed E-state index contributed by atoms with van der Waals surface area (Å²) in [6.45, 7) is 13.2. The van der Waals surface area contributed by atoms with Crippen molar-refractivity contribution in [1.82, 2.24) is 4.90 Å². The summed E-state index contributed by atoms with van der Waals surface area (Å²) < 4.78 is 0. The Morgan fingerprint density at radius 3 is 2.17 bits per heavy atom. The van der Waals surface area contributed by atoms with Crippen molar-refractivity contribution in [3.05, 3.63) is 11.3 Å². The Kier molecular flexibility index (Phi) is 4.36. The first-order valence-corrected chi connectivity index (χ1v) is 6.68. The van der Waals surface area contributed by atoms with Gasteiger partial charge in [0.2, 0.25) is 0 Å². The highest BCUT2D eigenvalue weighted by Crippen LogP contribution is 2.39. The Morgan fingerprint density at radius 2 is 1.78 bits per heavy atom. The van der Waals surface area contributed by atoms with Crippen molar-refractivity contribution in [3.8, 4) is 0 Å². The predicted octanol–water partition coefficient (Wildman–Crippen LogP) is 2.81. The molecule has 0 bridgehead atoms. The fourth-order valence-electron chi connectivity index (χ4n) is 2.80. The van der Waals surface area contributed by atoms with Crippen LogP contribution in [0.4, 0.5) is 0 Å². The molecule has 0 aromatic heterocycles. The van der Waals surface area contributed by atoms with Gasteiger partial charge in [-0.2, -0.15) is 0 Å². The van der Waals surface area contributed by atoms with Crippen LogP contribution in [0.1, 0.15) is 48.0 Å². The maximum Gasteiger partial charge on any atom is 0.176 e. The Labute approximate surface area is 110 Å². The first-order valence-electron chi connectivity index (χ1n) is 6.68. The zero-order valence-corrected chi connectivity index (χ0v) is 12.5. The van der Waals surface area contributed by atoms with Crippen molar-refractivity contribution in [3.63, 3.8) is 0 Å². The summed E-state index contributed by atoms with van der Waals surface area (Å²) in [6, 6.07) is 0. The molecule has 18 heavy (non-hydrogen) atoms. The van der Waals surface area contributed by atoms with Crippen LogP contribution in [0.3, 0.4) is 0 Å². The molecular formula is C15H25NO2. The van der Waals surface area contributed by atoms with E-state index in [0.29, 0.717) is 17.2 Å². The molecular weight excluding hydrogens is 226 g/mol. The summed E-state index contributed by atoms with van der Waals surface area (Å²) in [5.74, 6) is 0.515. The summed E-state index contributed by atoms with van der Waals surface area (Å²) in [5.41, 5.74) is 1.16. The monoisotopic (exact) mass is 251 g/mol. The average molecular weight is 251 g/mol. The van der Waals surface area contributed by atoms with Gasteiger partial charge in [-0.3, -0.25) is 9.59 Å². The van der Waals surface area contributed by atoms with E-state index in [4.69, 9.17) is 0 Å². The second kappa shape index (κ2) is 5.25. The van der Waals surface area contributed by atoms with Gasteiger partial charge in [0.25, 0.3) is 0 Å². The van der Waals surface area contributed by atoms with Crippen LogP contribution in [-0.4, -0.2) is 29.6 Å². The molecule has 0 amide bonds. The minimum absolute atomic E-state index is 0.00799. The average Bonchev–Trinajstić information content (AvgIpc) is 2.18. The minimum atomic E-state index is -0.194. The van der Waals surface area contributed by atoms with E-state index in [0.717, 1.165) is 19.5 Å². The molecule has 0 radical (unpaired) electrons. The maximum absolute atomic E-state index is 11.9. The minimum Gasteiger partial charge on any atom is -0.368 e. The molecule has 0 spiro atoms. The van der Waals surface area contributed by atoms with Crippen molar-refractivity contribution < 1.29 is 9.59 Å². The number of hydrogen-bond donors (Lipinski definition) is 0. The third-order valence-corrected chi connectivity index (χ3v) is 3.51. The molecule has 1 aliphatic rings. The first kappa shape index (κ1) is 14.9. The smallest absolute Gasteiger partial charge is 0.176 e. The lowest BCUT2D eigenvalue weighted by molar-refractivity contribution is -0.119. The molecule has 1 heterocycles. The summed E-state index contributed by atoms with van der Waals surface area (Å²) >= 11 is 0. The van der Waals surface area contributed by atoms with Crippen LogP contribution >= 0.6 is 0 Å². The van der Waals surface area contributed by atoms with Crippen LogP contribution in [0.15, 0.2) is 11.3 Å². The van der Waals surface area contributed by atoms with Crippen molar-refractivity contribution in [2.24, 2.45) is 11.3 Å². The predicted molar refractivity (Wildman–Crippen MR) is 73.2 cm³/mol. The Morgan fingerprint density at radius 1 is 1.22 bits per heavy atom. The second-order valence-electron chi connectivity index (χ2n) is 6.31. The number of Topliss-reactive ketones (excluding diaryl/α,β-unsaturated/α-hetero) is 2. The van der Waals surface area contributed by atoms with Crippen LogP contribution in [-0.2, 0) is 9.59 Å². The van der Waals surface area contributed by atoms with Gasteiger partial charge in [-0.05, 0) is 24.7 Å². The Hall–Kier alpha value is -1.12. The van der Waals surface area contributed by atoms with E-state index in [-0.39, 0.29) is 17.0 Å². The van der Waals surface area contributed by atoms with Gasteiger partial charge in [0.1, 0.15) is 0 Å². The number of hydrogen-bond acceptors (Lipinski definition) is 3. The fourth-order valence-corrected chi connectivity index (χ4v) is 2.80. The highest BCUT2D eigenvalue weighted by Gasteiger charge is 2.37. The molecule has 0 aromatic carbocycles. The topological polar surface area (TPSA) is 37.4 Å². The van der Waals surface area contributed by atoms with Crippen molar-refractivity contribution >= 4 is 11.6 Å². The lowest BCUT2D eigenvalue weighted by Crippen LogP contribution is -2.42. The molecule has 0 saturated heterocycles. The van der Waals surface area contributed by atoms with Gasteiger partial charge < -0.3 is 4.90 Å². The van der Waals surface area contributed by atoms with E-state index in [2.05, 4.69) is 32.6 Å². The van der Waals surface area contributed by atoms with Gasteiger partial charge in [-0.15, -0.1) is 0 Å². The van der Waals surface area contributed by atoms with Crippen LogP contribution in [0.5, 0.6) is 0 Å². The number of allylic oxidation sites excluding steroid dienone is 2. The summed E-state index contributed by atoms with van der Waals surface area (Å²) in [5, 5.41) is 0. The molecule has 3 heteroatoms. The fraction of sp³-hybridized carbons (Fsp3) is 0.733. The third kappa shape index (κ3) is 3.01. The normalized spacial score (nSPS) is 19.4. The van der Waals surface area contributed by atoms with E-state index in [9.17, 15) is 9.59 Å². The lowest BCUT2D eigenvalue weighted by atomic mass is 9.74. The molecule has 0 unspecified atom stereocenters. The zero-order valence-electron chi connectivity index (χ0n) is 12.5. The van der Waals surface area contributed by atoms with Crippen LogP contribution < -0.4 is 0 Å². The highest BCUT2D eigenvalue weighted by molar-refractivity contribution is 6.05. The molecule has 0 aliphatic carbocycles. The zero-order chi connectivity index (χ0) is 14.1. The molecule has 0 atom stereocenters. The summed E-state index contributed by atoms with van der Waals surface area (Å²) in [4.78, 5) is 26.0. The number of carbonyl (C=O) groups is 2. The Bertz CT molecular complexity index is 391. The molecule has 0 saturated carbocycles. The second-order valence-corrected chi connectivity index (χ2v) is 6.31. The molecule has 1 rings (SSSR count). The van der Waals surface area contributed by atoms with Gasteiger partial charge in [0.15, 0.2) is 11.6 Å². The first-order chi connectivity index (χ1) is 8.16. The molecule has 0 fully saturated rings. The van der Waals surface area contributed by atoms with Gasteiger partial charge in [-0.25, -0.2) is 0 Å². The molecule has 3 nitrogen and oxygen atoms in total. The van der Waals surface area contributed by atoms with Crippen LogP contribution in [0.25, 0.3) is 0 Å². The van der Waals surface area contributed by atoms with Crippen molar-refractivity contribution in [2.45, 2.75) is 48.0 Å². The highest BCUT2D eigenvalue weighted by atomic mass is 16.1. The SMILES string of the molecule is CC(=O)C1=C(C(C)=O)C(C)(C)CCN1CC(C)C. The number of nitrogens with zero attached hydrogens (tertiary/aromatic N) is 1. The van der Waals surface area contributed by atoms with E-state index in [1.54, 1.807) is 13.8 Å². The standard InChI is InChI=1S/C15H25NO2/c1-10(2)9-16-8-7-15(5,6)13(11(3)17)14(16)12(4)18/h10H,7-9H2,1-6H3.